The van der Waals surface area contributed by atoms with E-state index in [9.17, 15) is 0 Å². The van der Waals surface area contributed by atoms with Crippen LogP contribution in [0.3, 0.4) is 0 Å². The molecule has 5 heteroatoms. The zero-order valence-corrected chi connectivity index (χ0v) is 10.7. The average Bonchev–Trinajstić information content (AvgIpc) is 2.26. The minimum absolute atomic E-state index is 0.152. The fourth-order valence-electron chi connectivity index (χ4n) is 1.19. The van der Waals surface area contributed by atoms with E-state index in [0.717, 1.165) is 19.6 Å². The largest absolute Gasteiger partial charge is 0.385 e. The molecule has 0 aromatic carbocycles. The summed E-state index contributed by atoms with van der Waals surface area (Å²) in [6.45, 7) is 5.91. The fourth-order valence-corrected chi connectivity index (χ4v) is 1.29. The molecule has 0 unspecified atom stereocenters. The third-order valence-corrected chi connectivity index (χ3v) is 2.52. The molecule has 0 bridgehead atoms. The van der Waals surface area contributed by atoms with Gasteiger partial charge in [-0.2, -0.15) is 0 Å². The van der Waals surface area contributed by atoms with Crippen molar-refractivity contribution in [2.75, 3.05) is 25.6 Å². The summed E-state index contributed by atoms with van der Waals surface area (Å²) in [5, 5.41) is 3.73. The molecular weight excluding hydrogens is 226 g/mol. The highest BCUT2D eigenvalue weighted by Gasteiger charge is 2.17. The van der Waals surface area contributed by atoms with Crippen LogP contribution in [0.25, 0.3) is 0 Å². The quantitative estimate of drug-likeness (QED) is 0.834. The van der Waals surface area contributed by atoms with Gasteiger partial charge < -0.3 is 10.1 Å². The van der Waals surface area contributed by atoms with Gasteiger partial charge in [0.2, 0.25) is 5.95 Å². The van der Waals surface area contributed by atoms with Crippen molar-refractivity contribution >= 4 is 17.5 Å². The summed E-state index contributed by atoms with van der Waals surface area (Å²) in [5.41, 5.74) is 0.152. The van der Waals surface area contributed by atoms with Gasteiger partial charge in [-0.05, 0) is 11.8 Å². The predicted molar refractivity (Wildman–Crippen MR) is 65.8 cm³/mol. The zero-order valence-electron chi connectivity index (χ0n) is 9.96. The van der Waals surface area contributed by atoms with E-state index >= 15 is 0 Å². The van der Waals surface area contributed by atoms with Gasteiger partial charge in [0.1, 0.15) is 0 Å². The number of hydrogen-bond donors (Lipinski definition) is 1. The van der Waals surface area contributed by atoms with Gasteiger partial charge in [0, 0.05) is 20.3 Å². The highest BCUT2D eigenvalue weighted by atomic mass is 35.5. The summed E-state index contributed by atoms with van der Waals surface area (Å²) < 4.78 is 5.07. The maximum atomic E-state index is 5.70. The van der Waals surface area contributed by atoms with Gasteiger partial charge >= 0.3 is 0 Å². The summed E-state index contributed by atoms with van der Waals surface area (Å²) in [4.78, 5) is 8.15. The smallest absolute Gasteiger partial charge is 0.222 e. The van der Waals surface area contributed by atoms with E-state index in [2.05, 4.69) is 29.1 Å². The minimum atomic E-state index is 0.152. The van der Waals surface area contributed by atoms with Crippen LogP contribution in [-0.4, -0.2) is 30.2 Å². The van der Waals surface area contributed by atoms with E-state index in [-0.39, 0.29) is 5.41 Å². The van der Waals surface area contributed by atoms with Crippen LogP contribution in [0.2, 0.25) is 5.02 Å². The maximum Gasteiger partial charge on any atom is 0.222 e. The monoisotopic (exact) mass is 243 g/mol. The Morgan fingerprint density at radius 1 is 1.38 bits per heavy atom. The van der Waals surface area contributed by atoms with Gasteiger partial charge in [0.15, 0.2) is 0 Å². The van der Waals surface area contributed by atoms with Gasteiger partial charge in [0.05, 0.1) is 17.4 Å². The van der Waals surface area contributed by atoms with Crippen molar-refractivity contribution in [1.29, 1.82) is 0 Å². The lowest BCUT2D eigenvalue weighted by Gasteiger charge is -2.24. The number of hydrogen-bond acceptors (Lipinski definition) is 4. The Morgan fingerprint density at radius 3 is 2.56 bits per heavy atom. The van der Waals surface area contributed by atoms with Gasteiger partial charge in [-0.25, -0.2) is 9.97 Å². The number of nitrogens with zero attached hydrogens (tertiary/aromatic N) is 2. The Bertz CT molecular complexity index is 314. The van der Waals surface area contributed by atoms with Crippen LogP contribution >= 0.6 is 11.6 Å². The van der Waals surface area contributed by atoms with Crippen LogP contribution in [0.1, 0.15) is 20.3 Å². The molecule has 1 aromatic rings. The first kappa shape index (κ1) is 13.2. The molecule has 0 aliphatic rings. The van der Waals surface area contributed by atoms with Gasteiger partial charge in [-0.1, -0.05) is 25.4 Å². The number of methoxy groups -OCH3 is 1. The molecule has 0 atom stereocenters. The second-order valence-electron chi connectivity index (χ2n) is 4.49. The molecule has 0 radical (unpaired) electrons. The summed E-state index contributed by atoms with van der Waals surface area (Å²) in [5.74, 6) is 0.606. The molecule has 0 saturated heterocycles. The fraction of sp³-hybridized carbons (Fsp3) is 0.636. The molecule has 1 rings (SSSR count). The molecule has 0 aliphatic carbocycles. The number of halogens is 1. The molecule has 0 spiro atoms. The SMILES string of the molecule is COCCC(C)(C)CNc1ncc(Cl)cn1. The van der Waals surface area contributed by atoms with Crippen molar-refractivity contribution in [3.63, 3.8) is 0 Å². The molecule has 0 amide bonds. The average molecular weight is 244 g/mol. The van der Waals surface area contributed by atoms with Gasteiger partial charge in [0.25, 0.3) is 0 Å². The third kappa shape index (κ3) is 4.77. The van der Waals surface area contributed by atoms with E-state index in [1.54, 1.807) is 19.5 Å². The maximum absolute atomic E-state index is 5.70. The van der Waals surface area contributed by atoms with Crippen molar-refractivity contribution in [1.82, 2.24) is 9.97 Å². The molecule has 1 N–H and O–H groups in total. The minimum Gasteiger partial charge on any atom is -0.385 e. The van der Waals surface area contributed by atoms with Crippen LogP contribution < -0.4 is 5.32 Å². The summed E-state index contributed by atoms with van der Waals surface area (Å²) >= 11 is 5.70. The Kier molecular flexibility index (Phi) is 4.96. The van der Waals surface area contributed by atoms with Crippen molar-refractivity contribution in [3.05, 3.63) is 17.4 Å². The van der Waals surface area contributed by atoms with Crippen LogP contribution in [-0.2, 0) is 4.74 Å². The molecule has 0 saturated carbocycles. The van der Waals surface area contributed by atoms with Crippen LogP contribution in [0.4, 0.5) is 5.95 Å². The Morgan fingerprint density at radius 2 is 2.00 bits per heavy atom. The topological polar surface area (TPSA) is 47.0 Å². The normalized spacial score (nSPS) is 11.5. The standard InChI is InChI=1S/C11H18ClN3O/c1-11(2,4-5-16-3)8-15-10-13-6-9(12)7-14-10/h6-7H,4-5,8H2,1-3H3,(H,13,14,15). The van der Waals surface area contributed by atoms with E-state index in [1.165, 1.54) is 0 Å². The number of aromatic nitrogens is 2. The van der Waals surface area contributed by atoms with Crippen LogP contribution in [0.5, 0.6) is 0 Å². The lowest BCUT2D eigenvalue weighted by Crippen LogP contribution is -2.25. The molecule has 90 valence electrons. The highest BCUT2D eigenvalue weighted by molar-refractivity contribution is 6.30. The number of nitrogens with one attached hydrogen (secondary N) is 1. The van der Waals surface area contributed by atoms with Crippen molar-refractivity contribution < 1.29 is 4.74 Å². The van der Waals surface area contributed by atoms with Gasteiger partial charge in [-0.3, -0.25) is 0 Å². The molecule has 0 aliphatic heterocycles. The first-order chi connectivity index (χ1) is 7.53. The van der Waals surface area contributed by atoms with Crippen molar-refractivity contribution in [2.45, 2.75) is 20.3 Å². The van der Waals surface area contributed by atoms with Gasteiger partial charge in [-0.15, -0.1) is 0 Å². The molecule has 0 fully saturated rings. The number of ether oxygens (including phenoxy) is 1. The van der Waals surface area contributed by atoms with Crippen LogP contribution in [0, 0.1) is 5.41 Å². The lowest BCUT2D eigenvalue weighted by atomic mass is 9.90. The first-order valence-electron chi connectivity index (χ1n) is 5.24. The Balaban J connectivity index is 2.41. The number of rotatable bonds is 6. The Hall–Kier alpha value is -0.870. The van der Waals surface area contributed by atoms with Crippen molar-refractivity contribution in [3.8, 4) is 0 Å². The summed E-state index contributed by atoms with van der Waals surface area (Å²) in [7, 11) is 1.71. The van der Waals surface area contributed by atoms with Crippen LogP contribution in [0.15, 0.2) is 12.4 Å². The predicted octanol–water partition coefficient (Wildman–Crippen LogP) is 2.60. The van der Waals surface area contributed by atoms with E-state index in [4.69, 9.17) is 16.3 Å². The van der Waals surface area contributed by atoms with Crippen molar-refractivity contribution in [2.24, 2.45) is 5.41 Å². The summed E-state index contributed by atoms with van der Waals surface area (Å²) in [6, 6.07) is 0. The molecule has 1 aromatic heterocycles. The first-order valence-corrected chi connectivity index (χ1v) is 5.62. The number of anilines is 1. The summed E-state index contributed by atoms with van der Waals surface area (Å²) in [6.07, 6.45) is 4.15. The van der Waals surface area contributed by atoms with E-state index < -0.39 is 0 Å². The zero-order chi connectivity index (χ0) is 12.0. The second kappa shape index (κ2) is 6.01. The Labute approximate surface area is 101 Å². The molecular formula is C11H18ClN3O. The molecule has 4 nitrogen and oxygen atoms in total. The lowest BCUT2D eigenvalue weighted by molar-refractivity contribution is 0.157. The molecule has 16 heavy (non-hydrogen) atoms. The van der Waals surface area contributed by atoms with E-state index in [1.807, 2.05) is 0 Å². The van der Waals surface area contributed by atoms with E-state index in [0.29, 0.717) is 11.0 Å². The molecule has 1 heterocycles. The third-order valence-electron chi connectivity index (χ3n) is 2.33. The second-order valence-corrected chi connectivity index (χ2v) is 4.92. The highest BCUT2D eigenvalue weighted by Crippen LogP contribution is 2.20.